The van der Waals surface area contributed by atoms with Crippen molar-refractivity contribution >= 4 is 33.1 Å². The molecule has 0 amide bonds. The van der Waals surface area contributed by atoms with Gasteiger partial charge in [0.25, 0.3) is 0 Å². The maximum atomic E-state index is 4.78. The van der Waals surface area contributed by atoms with E-state index in [9.17, 15) is 0 Å². The molecule has 0 radical (unpaired) electrons. The molecule has 3 aromatic rings. The van der Waals surface area contributed by atoms with Gasteiger partial charge in [0.05, 0.1) is 5.69 Å². The summed E-state index contributed by atoms with van der Waals surface area (Å²) >= 11 is 3.55. The highest BCUT2D eigenvalue weighted by atomic mass is 79.9. The van der Waals surface area contributed by atoms with E-state index in [1.165, 1.54) is 0 Å². The molecular formula is C19H15BrN2. The fourth-order valence-electron chi connectivity index (χ4n) is 2.08. The van der Waals surface area contributed by atoms with Crippen molar-refractivity contribution < 1.29 is 0 Å². The molecule has 3 aromatic carbocycles. The molecule has 1 N–H and O–H groups in total. The van der Waals surface area contributed by atoms with Gasteiger partial charge >= 0.3 is 0 Å². The van der Waals surface area contributed by atoms with Crippen LogP contribution >= 0.6 is 15.9 Å². The second-order valence-electron chi connectivity index (χ2n) is 4.77. The monoisotopic (exact) mass is 350 g/mol. The molecule has 22 heavy (non-hydrogen) atoms. The summed E-state index contributed by atoms with van der Waals surface area (Å²) in [5.41, 5.74) is 2.95. The average Bonchev–Trinajstić information content (AvgIpc) is 2.58. The molecule has 0 aliphatic carbocycles. The Hall–Kier alpha value is -2.39. The third-order valence-corrected chi connectivity index (χ3v) is 3.84. The lowest BCUT2D eigenvalue weighted by atomic mass is 10.2. The van der Waals surface area contributed by atoms with Crippen LogP contribution in [0.4, 0.5) is 11.4 Å². The normalized spacial score (nSPS) is 11.2. The predicted octanol–water partition coefficient (Wildman–Crippen LogP) is 5.64. The van der Waals surface area contributed by atoms with Gasteiger partial charge in [-0.1, -0.05) is 60.7 Å². The SMILES string of the molecule is Brc1ccccc1N=C(Nc1ccccc1)c1ccccc1. The Morgan fingerprint density at radius 1 is 0.727 bits per heavy atom. The molecule has 3 rings (SSSR count). The number of amidine groups is 1. The van der Waals surface area contributed by atoms with Crippen molar-refractivity contribution in [2.45, 2.75) is 0 Å². The topological polar surface area (TPSA) is 24.4 Å². The van der Waals surface area contributed by atoms with Crippen LogP contribution in [0.2, 0.25) is 0 Å². The summed E-state index contributed by atoms with van der Waals surface area (Å²) in [5, 5.41) is 3.40. The van der Waals surface area contributed by atoms with Gasteiger partial charge in [-0.3, -0.25) is 0 Å². The summed E-state index contributed by atoms with van der Waals surface area (Å²) in [6, 6.07) is 28.1. The first-order valence-corrected chi connectivity index (χ1v) is 7.83. The molecular weight excluding hydrogens is 336 g/mol. The summed E-state index contributed by atoms with van der Waals surface area (Å²) in [6.07, 6.45) is 0. The van der Waals surface area contributed by atoms with Crippen LogP contribution in [0.3, 0.4) is 0 Å². The largest absolute Gasteiger partial charge is 0.340 e. The van der Waals surface area contributed by atoms with Gasteiger partial charge in [-0.05, 0) is 40.2 Å². The van der Waals surface area contributed by atoms with E-state index in [-0.39, 0.29) is 0 Å². The number of hydrogen-bond acceptors (Lipinski definition) is 1. The number of benzene rings is 3. The van der Waals surface area contributed by atoms with Crippen molar-refractivity contribution in [1.82, 2.24) is 0 Å². The molecule has 3 heteroatoms. The first-order chi connectivity index (χ1) is 10.8. The molecule has 0 aliphatic heterocycles. The molecule has 0 aliphatic rings. The zero-order valence-electron chi connectivity index (χ0n) is 11.9. The van der Waals surface area contributed by atoms with Crippen molar-refractivity contribution in [2.24, 2.45) is 4.99 Å². The highest BCUT2D eigenvalue weighted by molar-refractivity contribution is 9.10. The summed E-state index contributed by atoms with van der Waals surface area (Å²) in [6.45, 7) is 0. The summed E-state index contributed by atoms with van der Waals surface area (Å²) in [7, 11) is 0. The highest BCUT2D eigenvalue weighted by Gasteiger charge is 2.05. The number of para-hydroxylation sites is 2. The van der Waals surface area contributed by atoms with E-state index in [1.54, 1.807) is 0 Å². The van der Waals surface area contributed by atoms with Gasteiger partial charge in [-0.25, -0.2) is 4.99 Å². The van der Waals surface area contributed by atoms with Gasteiger partial charge in [-0.15, -0.1) is 0 Å². The van der Waals surface area contributed by atoms with E-state index < -0.39 is 0 Å². The van der Waals surface area contributed by atoms with Crippen LogP contribution in [-0.4, -0.2) is 5.84 Å². The third-order valence-electron chi connectivity index (χ3n) is 3.17. The third kappa shape index (κ3) is 3.62. The van der Waals surface area contributed by atoms with Crippen LogP contribution in [0.15, 0.2) is 94.4 Å². The summed E-state index contributed by atoms with van der Waals surface area (Å²) in [5.74, 6) is 0.818. The van der Waals surface area contributed by atoms with Crippen LogP contribution in [0, 0.1) is 0 Å². The Bertz CT molecular complexity index is 768. The number of nitrogens with one attached hydrogen (secondary N) is 1. The number of halogens is 1. The second kappa shape index (κ2) is 7.05. The predicted molar refractivity (Wildman–Crippen MR) is 96.8 cm³/mol. The van der Waals surface area contributed by atoms with E-state index in [2.05, 4.69) is 21.2 Å². The second-order valence-corrected chi connectivity index (χ2v) is 5.62. The lowest BCUT2D eigenvalue weighted by molar-refractivity contribution is 1.45. The molecule has 0 saturated heterocycles. The Labute approximate surface area is 138 Å². The van der Waals surface area contributed by atoms with Crippen LogP contribution in [0.5, 0.6) is 0 Å². The van der Waals surface area contributed by atoms with Gasteiger partial charge in [-0.2, -0.15) is 0 Å². The number of nitrogens with zero attached hydrogens (tertiary/aromatic N) is 1. The summed E-state index contributed by atoms with van der Waals surface area (Å²) < 4.78 is 0.971. The molecule has 0 spiro atoms. The molecule has 0 atom stereocenters. The minimum Gasteiger partial charge on any atom is -0.340 e. The Balaban J connectivity index is 2.02. The van der Waals surface area contributed by atoms with Gasteiger partial charge in [0, 0.05) is 15.7 Å². The maximum Gasteiger partial charge on any atom is 0.138 e. The maximum absolute atomic E-state index is 4.78. The number of hydrogen-bond donors (Lipinski definition) is 1. The molecule has 0 fully saturated rings. The van der Waals surface area contributed by atoms with Crippen LogP contribution in [0.1, 0.15) is 5.56 Å². The Morgan fingerprint density at radius 2 is 1.32 bits per heavy atom. The van der Waals surface area contributed by atoms with Crippen molar-refractivity contribution in [1.29, 1.82) is 0 Å². The quantitative estimate of drug-likeness (QED) is 0.479. The van der Waals surface area contributed by atoms with Gasteiger partial charge in [0.2, 0.25) is 0 Å². The van der Waals surface area contributed by atoms with Crippen molar-refractivity contribution in [2.75, 3.05) is 5.32 Å². The lowest BCUT2D eigenvalue weighted by Gasteiger charge is -2.11. The van der Waals surface area contributed by atoms with E-state index >= 15 is 0 Å². The van der Waals surface area contributed by atoms with Crippen LogP contribution in [0.25, 0.3) is 0 Å². The van der Waals surface area contributed by atoms with Gasteiger partial charge < -0.3 is 5.32 Å². The highest BCUT2D eigenvalue weighted by Crippen LogP contribution is 2.25. The van der Waals surface area contributed by atoms with E-state index in [1.807, 2.05) is 84.9 Å². The Kier molecular flexibility index (Phi) is 4.66. The van der Waals surface area contributed by atoms with Crippen molar-refractivity contribution in [3.63, 3.8) is 0 Å². The van der Waals surface area contributed by atoms with Gasteiger partial charge in [0.15, 0.2) is 0 Å². The molecule has 0 unspecified atom stereocenters. The summed E-state index contributed by atoms with van der Waals surface area (Å²) in [4.78, 5) is 4.78. The number of anilines is 1. The van der Waals surface area contributed by atoms with E-state index in [0.717, 1.165) is 27.2 Å². The molecule has 2 nitrogen and oxygen atoms in total. The standard InChI is InChI=1S/C19H15BrN2/c20-17-13-7-8-14-18(17)22-19(15-9-3-1-4-10-15)21-16-11-5-2-6-12-16/h1-14H,(H,21,22). The zero-order valence-corrected chi connectivity index (χ0v) is 13.5. The first-order valence-electron chi connectivity index (χ1n) is 7.03. The fraction of sp³-hybridized carbons (Fsp3) is 0. The fourth-order valence-corrected chi connectivity index (χ4v) is 2.46. The minimum absolute atomic E-state index is 0.818. The minimum atomic E-state index is 0.818. The molecule has 0 aromatic heterocycles. The molecule has 0 bridgehead atoms. The van der Waals surface area contributed by atoms with Crippen LogP contribution < -0.4 is 5.32 Å². The number of rotatable bonds is 3. The first kappa shape index (κ1) is 14.5. The van der Waals surface area contributed by atoms with Crippen molar-refractivity contribution in [3.8, 4) is 0 Å². The molecule has 0 heterocycles. The lowest BCUT2D eigenvalue weighted by Crippen LogP contribution is -2.13. The molecule has 0 saturated carbocycles. The van der Waals surface area contributed by atoms with E-state index in [0.29, 0.717) is 0 Å². The number of aliphatic imine (C=N–C) groups is 1. The zero-order chi connectivity index (χ0) is 15.2. The molecule has 108 valence electrons. The average molecular weight is 351 g/mol. The van der Waals surface area contributed by atoms with Crippen LogP contribution in [-0.2, 0) is 0 Å². The smallest absolute Gasteiger partial charge is 0.138 e. The van der Waals surface area contributed by atoms with E-state index in [4.69, 9.17) is 4.99 Å². The van der Waals surface area contributed by atoms with Gasteiger partial charge in [0.1, 0.15) is 5.84 Å². The van der Waals surface area contributed by atoms with Crippen molar-refractivity contribution in [3.05, 3.63) is 95.0 Å². The Morgan fingerprint density at radius 3 is 2.00 bits per heavy atom.